The van der Waals surface area contributed by atoms with Gasteiger partial charge in [-0.2, -0.15) is 13.8 Å². The van der Waals surface area contributed by atoms with Crippen LogP contribution in [0.25, 0.3) is 0 Å². The molecule has 0 radical (unpaired) electrons. The van der Waals surface area contributed by atoms with E-state index >= 15 is 0 Å². The molecule has 0 spiro atoms. The smallest absolute Gasteiger partial charge is 0.280 e. The van der Waals surface area contributed by atoms with Crippen molar-refractivity contribution in [2.75, 3.05) is 20.3 Å². The maximum Gasteiger partial charge on any atom is 0.280 e. The molecule has 3 rings (SSSR count). The number of benzene rings is 1. The third kappa shape index (κ3) is 3.62. The number of rotatable bonds is 5. The molecular formula is C15H12F2N4O4. The lowest BCUT2D eigenvalue weighted by Gasteiger charge is -2.16. The average Bonchev–Trinajstić information content (AvgIpc) is 2.65. The van der Waals surface area contributed by atoms with Crippen LogP contribution in [0.5, 0.6) is 11.6 Å². The average molecular weight is 350 g/mol. The van der Waals surface area contributed by atoms with Gasteiger partial charge in [-0.3, -0.25) is 0 Å². The van der Waals surface area contributed by atoms with Crippen LogP contribution in [-0.4, -0.2) is 41.9 Å². The van der Waals surface area contributed by atoms with Gasteiger partial charge in [-0.25, -0.2) is 4.98 Å². The standard InChI is InChI=1S/C15H12F2N4O4/c1-22-20-12(15-21-24-7-6-23-15)9-4-2-3-5-10(9)25-14-11(16)13(17)18-8-19-14/h2-5,8H,6-7H2,1H3/b20-12-. The minimum atomic E-state index is -1.32. The summed E-state index contributed by atoms with van der Waals surface area (Å²) in [5, 5.41) is 7.63. The Labute approximate surface area is 140 Å². The monoisotopic (exact) mass is 350 g/mol. The zero-order valence-corrected chi connectivity index (χ0v) is 13.0. The van der Waals surface area contributed by atoms with Crippen LogP contribution in [0.4, 0.5) is 8.78 Å². The van der Waals surface area contributed by atoms with Gasteiger partial charge in [-0.15, -0.1) is 0 Å². The summed E-state index contributed by atoms with van der Waals surface area (Å²) in [6.07, 6.45) is 0.850. The predicted molar refractivity (Wildman–Crippen MR) is 81.3 cm³/mol. The number of halogens is 2. The van der Waals surface area contributed by atoms with Crippen LogP contribution in [0, 0.1) is 11.8 Å². The normalized spacial score (nSPS) is 14.2. The Morgan fingerprint density at radius 2 is 2.04 bits per heavy atom. The Kier molecular flexibility index (Phi) is 4.97. The van der Waals surface area contributed by atoms with Crippen molar-refractivity contribution >= 4 is 11.6 Å². The molecule has 1 aromatic carbocycles. The molecule has 0 aliphatic carbocycles. The topological polar surface area (TPSA) is 87.4 Å². The molecule has 0 unspecified atom stereocenters. The van der Waals surface area contributed by atoms with Gasteiger partial charge >= 0.3 is 0 Å². The van der Waals surface area contributed by atoms with Crippen LogP contribution < -0.4 is 4.74 Å². The van der Waals surface area contributed by atoms with Crippen molar-refractivity contribution in [3.05, 3.63) is 47.9 Å². The molecule has 10 heteroatoms. The first-order valence-electron chi connectivity index (χ1n) is 7.08. The van der Waals surface area contributed by atoms with E-state index in [-0.39, 0.29) is 24.0 Å². The second kappa shape index (κ2) is 7.51. The molecule has 0 saturated heterocycles. The first kappa shape index (κ1) is 16.6. The molecule has 1 aliphatic rings. The Balaban J connectivity index is 2.01. The Morgan fingerprint density at radius 1 is 1.20 bits per heavy atom. The Hall–Kier alpha value is -3.30. The van der Waals surface area contributed by atoms with E-state index in [1.807, 2.05) is 0 Å². The second-order valence-corrected chi connectivity index (χ2v) is 4.58. The fourth-order valence-electron chi connectivity index (χ4n) is 1.97. The fourth-order valence-corrected chi connectivity index (χ4v) is 1.97. The molecule has 0 bridgehead atoms. The van der Waals surface area contributed by atoms with Gasteiger partial charge in [0.1, 0.15) is 25.8 Å². The summed E-state index contributed by atoms with van der Waals surface area (Å²) in [5.74, 6) is -3.00. The molecule has 0 amide bonds. The van der Waals surface area contributed by atoms with E-state index in [9.17, 15) is 8.78 Å². The summed E-state index contributed by atoms with van der Waals surface area (Å²) in [6.45, 7) is 0.573. The van der Waals surface area contributed by atoms with E-state index in [2.05, 4.69) is 20.3 Å². The van der Waals surface area contributed by atoms with Crippen LogP contribution in [0.1, 0.15) is 5.56 Å². The second-order valence-electron chi connectivity index (χ2n) is 4.58. The van der Waals surface area contributed by atoms with Gasteiger partial charge in [0.2, 0.25) is 5.82 Å². The maximum atomic E-state index is 13.8. The van der Waals surface area contributed by atoms with Gasteiger partial charge in [0, 0.05) is 0 Å². The number of nitrogens with zero attached hydrogens (tertiary/aromatic N) is 4. The molecule has 0 atom stereocenters. The summed E-state index contributed by atoms with van der Waals surface area (Å²) in [5.41, 5.74) is 0.514. The molecule has 2 heterocycles. The Bertz CT molecular complexity index is 829. The number of ether oxygens (including phenoxy) is 2. The van der Waals surface area contributed by atoms with E-state index in [1.54, 1.807) is 18.2 Å². The van der Waals surface area contributed by atoms with Crippen LogP contribution in [0.3, 0.4) is 0 Å². The number of oxime groups is 2. The molecule has 2 aromatic rings. The molecule has 8 nitrogen and oxygen atoms in total. The van der Waals surface area contributed by atoms with Crippen molar-refractivity contribution in [2.24, 2.45) is 10.3 Å². The SMILES string of the molecule is CO/N=C(\C1=NOCCO1)c1ccccc1Oc1ncnc(F)c1F. The highest BCUT2D eigenvalue weighted by Gasteiger charge is 2.23. The van der Waals surface area contributed by atoms with Crippen LogP contribution in [-0.2, 0) is 14.4 Å². The van der Waals surface area contributed by atoms with Crippen molar-refractivity contribution < 1.29 is 27.9 Å². The third-order valence-electron chi connectivity index (χ3n) is 3.01. The molecule has 0 fully saturated rings. The quantitative estimate of drug-likeness (QED) is 0.467. The molecule has 0 saturated carbocycles. The highest BCUT2D eigenvalue weighted by molar-refractivity contribution is 6.45. The highest BCUT2D eigenvalue weighted by atomic mass is 19.2. The van der Waals surface area contributed by atoms with E-state index in [4.69, 9.17) is 19.1 Å². The maximum absolute atomic E-state index is 13.8. The first-order chi connectivity index (χ1) is 12.2. The summed E-state index contributed by atoms with van der Waals surface area (Å²) in [6, 6.07) is 6.46. The van der Waals surface area contributed by atoms with Crippen LogP contribution >= 0.6 is 0 Å². The van der Waals surface area contributed by atoms with E-state index < -0.39 is 17.6 Å². The molecular weight excluding hydrogens is 338 g/mol. The highest BCUT2D eigenvalue weighted by Crippen LogP contribution is 2.27. The summed E-state index contributed by atoms with van der Waals surface area (Å²) in [7, 11) is 1.34. The largest absolute Gasteiger partial charge is 0.470 e. The zero-order chi connectivity index (χ0) is 17.6. The van der Waals surface area contributed by atoms with Crippen LogP contribution in [0.15, 0.2) is 40.9 Å². The van der Waals surface area contributed by atoms with Gasteiger partial charge in [0.15, 0.2) is 12.3 Å². The number of para-hydroxylation sites is 1. The van der Waals surface area contributed by atoms with Crippen molar-refractivity contribution in [1.29, 1.82) is 0 Å². The van der Waals surface area contributed by atoms with Gasteiger partial charge < -0.3 is 19.1 Å². The summed E-state index contributed by atoms with van der Waals surface area (Å²) in [4.78, 5) is 16.5. The van der Waals surface area contributed by atoms with Crippen LogP contribution in [0.2, 0.25) is 0 Å². The van der Waals surface area contributed by atoms with E-state index in [0.717, 1.165) is 6.33 Å². The summed E-state index contributed by atoms with van der Waals surface area (Å²) >= 11 is 0. The summed E-state index contributed by atoms with van der Waals surface area (Å²) < 4.78 is 37.8. The third-order valence-corrected chi connectivity index (χ3v) is 3.01. The van der Waals surface area contributed by atoms with Gasteiger partial charge in [0.25, 0.3) is 17.7 Å². The van der Waals surface area contributed by atoms with Crippen molar-refractivity contribution in [3.63, 3.8) is 0 Å². The van der Waals surface area contributed by atoms with E-state index in [1.165, 1.54) is 13.2 Å². The molecule has 1 aromatic heterocycles. The fraction of sp³-hybridized carbons (Fsp3) is 0.200. The molecule has 25 heavy (non-hydrogen) atoms. The minimum absolute atomic E-state index is 0.0680. The van der Waals surface area contributed by atoms with Gasteiger partial charge in [-0.1, -0.05) is 17.3 Å². The number of aromatic nitrogens is 2. The van der Waals surface area contributed by atoms with Crippen molar-refractivity contribution in [3.8, 4) is 11.6 Å². The lowest BCUT2D eigenvalue weighted by molar-refractivity contribution is 0.0672. The Morgan fingerprint density at radius 3 is 2.80 bits per heavy atom. The van der Waals surface area contributed by atoms with Gasteiger partial charge in [-0.05, 0) is 17.3 Å². The van der Waals surface area contributed by atoms with E-state index in [0.29, 0.717) is 12.2 Å². The van der Waals surface area contributed by atoms with Crippen molar-refractivity contribution in [2.45, 2.75) is 0 Å². The predicted octanol–water partition coefficient (Wildman–Crippen LogP) is 2.26. The zero-order valence-electron chi connectivity index (χ0n) is 13.0. The number of hydrogen-bond donors (Lipinski definition) is 0. The van der Waals surface area contributed by atoms with Crippen molar-refractivity contribution in [1.82, 2.24) is 9.97 Å². The lowest BCUT2D eigenvalue weighted by Crippen LogP contribution is -2.25. The minimum Gasteiger partial charge on any atom is -0.470 e. The first-order valence-corrected chi connectivity index (χ1v) is 7.08. The molecule has 130 valence electrons. The lowest BCUT2D eigenvalue weighted by atomic mass is 10.1. The molecule has 1 aliphatic heterocycles. The van der Waals surface area contributed by atoms with Gasteiger partial charge in [0.05, 0.1) is 5.56 Å². The molecule has 0 N–H and O–H groups in total. The number of hydrogen-bond acceptors (Lipinski definition) is 8.